The fourth-order valence-electron chi connectivity index (χ4n) is 3.31. The SMILES string of the molecule is C=C[C@H](O)c1cc(C)ccc1\C=C/C=C/C=C/C(C)=C/Cc1oc(=O)c(C)c(OC)c1C. The van der Waals surface area contributed by atoms with Gasteiger partial charge in [0.25, 0.3) is 0 Å². The number of aliphatic hydroxyl groups is 1. The number of rotatable bonds is 9. The van der Waals surface area contributed by atoms with Crippen molar-refractivity contribution in [2.45, 2.75) is 40.2 Å². The number of aliphatic hydroxyl groups excluding tert-OH is 1. The molecule has 1 N–H and O–H groups in total. The lowest BCUT2D eigenvalue weighted by atomic mass is 9.99. The number of allylic oxidation sites excluding steroid dienone is 7. The van der Waals surface area contributed by atoms with Gasteiger partial charge in [0.1, 0.15) is 11.5 Å². The van der Waals surface area contributed by atoms with E-state index in [4.69, 9.17) is 9.15 Å². The highest BCUT2D eigenvalue weighted by molar-refractivity contribution is 5.57. The molecule has 1 aromatic heterocycles. The Labute approximate surface area is 190 Å². The number of hydrogen-bond donors (Lipinski definition) is 1. The molecule has 0 saturated carbocycles. The van der Waals surface area contributed by atoms with Gasteiger partial charge >= 0.3 is 5.63 Å². The molecule has 32 heavy (non-hydrogen) atoms. The molecule has 1 atom stereocenters. The van der Waals surface area contributed by atoms with Crippen molar-refractivity contribution in [3.05, 3.63) is 117 Å². The first-order valence-electron chi connectivity index (χ1n) is 10.5. The van der Waals surface area contributed by atoms with E-state index in [0.29, 0.717) is 23.5 Å². The Balaban J connectivity index is 2.03. The van der Waals surface area contributed by atoms with E-state index in [9.17, 15) is 9.90 Å². The van der Waals surface area contributed by atoms with Crippen LogP contribution in [0.25, 0.3) is 6.08 Å². The van der Waals surface area contributed by atoms with Gasteiger partial charge in [-0.05, 0) is 38.8 Å². The lowest BCUT2D eigenvalue weighted by Gasteiger charge is -2.10. The molecule has 0 aliphatic heterocycles. The molecule has 0 saturated heterocycles. The molecule has 0 amide bonds. The Morgan fingerprint density at radius 2 is 1.88 bits per heavy atom. The van der Waals surface area contributed by atoms with E-state index in [1.165, 1.54) is 6.08 Å². The van der Waals surface area contributed by atoms with Crippen LogP contribution < -0.4 is 10.4 Å². The third-order valence-corrected chi connectivity index (χ3v) is 5.19. The lowest BCUT2D eigenvalue weighted by Crippen LogP contribution is -2.10. The summed E-state index contributed by atoms with van der Waals surface area (Å²) in [5.74, 6) is 1.20. The van der Waals surface area contributed by atoms with Gasteiger partial charge < -0.3 is 14.3 Å². The van der Waals surface area contributed by atoms with Crippen molar-refractivity contribution in [3.8, 4) is 5.75 Å². The molecule has 4 nitrogen and oxygen atoms in total. The first kappa shape index (κ1) is 24.9. The van der Waals surface area contributed by atoms with Crippen molar-refractivity contribution in [2.75, 3.05) is 7.11 Å². The minimum absolute atomic E-state index is 0.365. The van der Waals surface area contributed by atoms with Crippen LogP contribution in [0.15, 0.2) is 82.1 Å². The summed E-state index contributed by atoms with van der Waals surface area (Å²) in [6.45, 7) is 11.3. The van der Waals surface area contributed by atoms with Crippen LogP contribution in [0.3, 0.4) is 0 Å². The first-order valence-corrected chi connectivity index (χ1v) is 10.5. The second kappa shape index (κ2) is 11.9. The molecule has 0 radical (unpaired) electrons. The number of hydrogen-bond acceptors (Lipinski definition) is 4. The van der Waals surface area contributed by atoms with Crippen molar-refractivity contribution in [3.63, 3.8) is 0 Å². The highest BCUT2D eigenvalue weighted by Gasteiger charge is 2.13. The molecule has 0 bridgehead atoms. The first-order chi connectivity index (χ1) is 15.3. The third kappa shape index (κ3) is 6.56. The molecule has 0 fully saturated rings. The summed E-state index contributed by atoms with van der Waals surface area (Å²) in [6, 6.07) is 5.98. The highest BCUT2D eigenvalue weighted by atomic mass is 16.5. The van der Waals surface area contributed by atoms with Crippen LogP contribution in [0, 0.1) is 20.8 Å². The van der Waals surface area contributed by atoms with Gasteiger partial charge in [-0.15, -0.1) is 6.58 Å². The minimum Gasteiger partial charge on any atom is -0.496 e. The maximum atomic E-state index is 12.0. The monoisotopic (exact) mass is 432 g/mol. The number of benzene rings is 1. The van der Waals surface area contributed by atoms with Gasteiger partial charge in [0.15, 0.2) is 0 Å². The average Bonchev–Trinajstić information content (AvgIpc) is 2.78. The maximum absolute atomic E-state index is 12.0. The Morgan fingerprint density at radius 3 is 2.56 bits per heavy atom. The summed E-state index contributed by atoms with van der Waals surface area (Å²) < 4.78 is 10.8. The topological polar surface area (TPSA) is 59.7 Å². The fraction of sp³-hybridized carbons (Fsp3) is 0.250. The van der Waals surface area contributed by atoms with E-state index in [2.05, 4.69) is 6.58 Å². The summed E-state index contributed by atoms with van der Waals surface area (Å²) >= 11 is 0. The summed E-state index contributed by atoms with van der Waals surface area (Å²) in [7, 11) is 1.56. The molecular formula is C28H32O4. The molecule has 1 heterocycles. The minimum atomic E-state index is -0.687. The van der Waals surface area contributed by atoms with E-state index in [0.717, 1.165) is 27.8 Å². The van der Waals surface area contributed by atoms with Crippen LogP contribution in [0.2, 0.25) is 0 Å². The molecule has 2 aromatic rings. The molecule has 0 unspecified atom stereocenters. The van der Waals surface area contributed by atoms with Crippen molar-refractivity contribution < 1.29 is 14.3 Å². The fourth-order valence-corrected chi connectivity index (χ4v) is 3.31. The third-order valence-electron chi connectivity index (χ3n) is 5.19. The van der Waals surface area contributed by atoms with Crippen LogP contribution in [0.1, 0.15) is 46.6 Å². The molecule has 168 valence electrons. The van der Waals surface area contributed by atoms with Gasteiger partial charge in [-0.3, -0.25) is 0 Å². The summed E-state index contributed by atoms with van der Waals surface area (Å²) in [4.78, 5) is 12.0. The van der Waals surface area contributed by atoms with Crippen LogP contribution in [-0.2, 0) is 6.42 Å². The molecular weight excluding hydrogens is 400 g/mol. The summed E-state index contributed by atoms with van der Waals surface area (Å²) in [5.41, 5.74) is 4.92. The largest absolute Gasteiger partial charge is 0.496 e. The van der Waals surface area contributed by atoms with Crippen LogP contribution in [0.4, 0.5) is 0 Å². The second-order valence-corrected chi connectivity index (χ2v) is 7.66. The Kier molecular flexibility index (Phi) is 9.23. The van der Waals surface area contributed by atoms with Gasteiger partial charge in [-0.2, -0.15) is 0 Å². The van der Waals surface area contributed by atoms with Crippen LogP contribution in [0.5, 0.6) is 5.75 Å². The second-order valence-electron chi connectivity index (χ2n) is 7.66. The molecule has 0 aliphatic carbocycles. The molecule has 1 aromatic carbocycles. The zero-order valence-corrected chi connectivity index (χ0v) is 19.5. The van der Waals surface area contributed by atoms with Gasteiger partial charge in [0, 0.05) is 12.0 Å². The van der Waals surface area contributed by atoms with Gasteiger partial charge in [0.2, 0.25) is 0 Å². The smallest absolute Gasteiger partial charge is 0.342 e. The lowest BCUT2D eigenvalue weighted by molar-refractivity contribution is 0.229. The summed E-state index contributed by atoms with van der Waals surface area (Å²) in [6.07, 6.45) is 15.1. The van der Waals surface area contributed by atoms with Gasteiger partial charge in [-0.1, -0.05) is 77.9 Å². The normalized spacial score (nSPS) is 13.4. The van der Waals surface area contributed by atoms with Crippen LogP contribution in [-0.4, -0.2) is 12.2 Å². The number of methoxy groups -OCH3 is 1. The molecule has 2 rings (SSSR count). The summed E-state index contributed by atoms with van der Waals surface area (Å²) in [5, 5.41) is 10.1. The quantitative estimate of drug-likeness (QED) is 0.384. The van der Waals surface area contributed by atoms with Crippen molar-refractivity contribution in [1.82, 2.24) is 0 Å². The Morgan fingerprint density at radius 1 is 1.16 bits per heavy atom. The van der Waals surface area contributed by atoms with Crippen molar-refractivity contribution in [2.24, 2.45) is 0 Å². The van der Waals surface area contributed by atoms with E-state index >= 15 is 0 Å². The van der Waals surface area contributed by atoms with Crippen molar-refractivity contribution in [1.29, 1.82) is 0 Å². The van der Waals surface area contributed by atoms with Crippen LogP contribution >= 0.6 is 0 Å². The molecule has 0 spiro atoms. The number of aryl methyl sites for hydroxylation is 1. The average molecular weight is 433 g/mol. The van der Waals surface area contributed by atoms with E-state index in [-0.39, 0.29) is 5.63 Å². The van der Waals surface area contributed by atoms with Gasteiger partial charge in [-0.25, -0.2) is 4.79 Å². The number of ether oxygens (including phenoxy) is 1. The predicted octanol–water partition coefficient (Wildman–Crippen LogP) is 6.11. The van der Waals surface area contributed by atoms with Gasteiger partial charge in [0.05, 0.1) is 18.8 Å². The molecule has 0 aliphatic rings. The predicted molar refractivity (Wildman–Crippen MR) is 132 cm³/mol. The Hall–Kier alpha value is -3.37. The Bertz CT molecular complexity index is 1130. The zero-order chi connectivity index (χ0) is 23.7. The maximum Gasteiger partial charge on any atom is 0.342 e. The van der Waals surface area contributed by atoms with Crippen molar-refractivity contribution >= 4 is 6.08 Å². The highest BCUT2D eigenvalue weighted by Crippen LogP contribution is 2.24. The zero-order valence-electron chi connectivity index (χ0n) is 19.5. The van der Waals surface area contributed by atoms with E-state index in [1.807, 2.05) is 81.5 Å². The van der Waals surface area contributed by atoms with E-state index < -0.39 is 6.10 Å². The standard InChI is InChI=1S/C28H32O4/c1-7-25(29)24-18-20(3)14-16-23(24)13-11-9-8-10-12-19(2)15-17-26-21(4)27(31-6)22(5)28(30)32-26/h7-16,18,25,29H,1,17H2,2-6H3/b9-8+,12-10+,13-11-,19-15+/t25-/m0/s1. The van der Waals surface area contributed by atoms with E-state index in [1.54, 1.807) is 14.0 Å². The molecule has 4 heteroatoms.